The first-order valence-electron chi connectivity index (χ1n) is 8.60. The fourth-order valence-corrected chi connectivity index (χ4v) is 4.06. The Hall–Kier alpha value is -1.81. The van der Waals surface area contributed by atoms with Gasteiger partial charge in [-0.15, -0.1) is 9.90 Å². The van der Waals surface area contributed by atoms with Gasteiger partial charge in [-0.2, -0.15) is 5.10 Å². The van der Waals surface area contributed by atoms with E-state index in [0.717, 1.165) is 46.8 Å². The van der Waals surface area contributed by atoms with Crippen LogP contribution in [0.5, 0.6) is 5.75 Å². The molecule has 0 radical (unpaired) electrons. The SMILES string of the molecule is Cc1cc(C2CC(C)C2C)c(O)c(-n2nc3c(n2)CCC(Cl)=C3)c1. The lowest BCUT2D eigenvalue weighted by atomic mass is 9.63. The van der Waals surface area contributed by atoms with Crippen LogP contribution in [0.3, 0.4) is 0 Å². The molecule has 3 atom stereocenters. The third-order valence-electron chi connectivity index (χ3n) is 5.64. The van der Waals surface area contributed by atoms with Gasteiger partial charge in [0.15, 0.2) is 0 Å². The lowest BCUT2D eigenvalue weighted by molar-refractivity contribution is 0.166. The molecule has 4 nitrogen and oxygen atoms in total. The maximum atomic E-state index is 10.9. The highest BCUT2D eigenvalue weighted by Crippen LogP contribution is 2.50. The molecule has 1 heterocycles. The van der Waals surface area contributed by atoms with E-state index < -0.39 is 0 Å². The molecule has 0 aliphatic heterocycles. The Labute approximate surface area is 147 Å². The van der Waals surface area contributed by atoms with Crippen LogP contribution in [0.1, 0.15) is 55.1 Å². The van der Waals surface area contributed by atoms with E-state index in [1.54, 1.807) is 4.80 Å². The zero-order valence-corrected chi connectivity index (χ0v) is 15.0. The van der Waals surface area contributed by atoms with Gasteiger partial charge < -0.3 is 5.11 Å². The summed E-state index contributed by atoms with van der Waals surface area (Å²) in [7, 11) is 0. The third-order valence-corrected chi connectivity index (χ3v) is 5.94. The van der Waals surface area contributed by atoms with Gasteiger partial charge in [-0.05, 0) is 67.2 Å². The molecule has 0 bridgehead atoms. The molecule has 3 unspecified atom stereocenters. The fraction of sp³-hybridized carbons (Fsp3) is 0.474. The molecule has 2 aromatic rings. The largest absolute Gasteiger partial charge is 0.505 e. The van der Waals surface area contributed by atoms with Crippen molar-refractivity contribution >= 4 is 17.7 Å². The van der Waals surface area contributed by atoms with Crippen molar-refractivity contribution in [3.63, 3.8) is 0 Å². The number of allylic oxidation sites excluding steroid dienone is 1. The highest BCUT2D eigenvalue weighted by atomic mass is 35.5. The summed E-state index contributed by atoms with van der Waals surface area (Å²) in [5.74, 6) is 2.02. The van der Waals surface area contributed by atoms with Crippen LogP contribution in [0.2, 0.25) is 0 Å². The average molecular weight is 344 g/mol. The molecule has 2 aliphatic carbocycles. The molecule has 0 spiro atoms. The van der Waals surface area contributed by atoms with Gasteiger partial charge in [-0.3, -0.25) is 0 Å². The van der Waals surface area contributed by atoms with E-state index in [4.69, 9.17) is 11.6 Å². The van der Waals surface area contributed by atoms with Gasteiger partial charge in [0.25, 0.3) is 0 Å². The first kappa shape index (κ1) is 15.7. The van der Waals surface area contributed by atoms with Gasteiger partial charge in [0.1, 0.15) is 17.1 Å². The summed E-state index contributed by atoms with van der Waals surface area (Å²) in [6.45, 7) is 6.59. The maximum Gasteiger partial charge on any atom is 0.146 e. The third kappa shape index (κ3) is 2.44. The second-order valence-corrected chi connectivity index (χ2v) is 7.80. The molecule has 1 saturated carbocycles. The number of rotatable bonds is 2. The first-order valence-corrected chi connectivity index (χ1v) is 8.98. The van der Waals surface area contributed by atoms with E-state index in [1.165, 1.54) is 0 Å². The molecular weight excluding hydrogens is 322 g/mol. The summed E-state index contributed by atoms with van der Waals surface area (Å²) in [5.41, 5.74) is 4.55. The normalized spacial score (nSPS) is 25.8. The Kier molecular flexibility index (Phi) is 3.68. The van der Waals surface area contributed by atoms with E-state index in [1.807, 2.05) is 12.1 Å². The highest BCUT2D eigenvalue weighted by Gasteiger charge is 2.37. The number of phenols is 1. The quantitative estimate of drug-likeness (QED) is 0.869. The number of fused-ring (bicyclic) bond motifs is 1. The van der Waals surface area contributed by atoms with Crippen molar-refractivity contribution in [2.45, 2.75) is 46.0 Å². The summed E-state index contributed by atoms with van der Waals surface area (Å²) < 4.78 is 0. The van der Waals surface area contributed by atoms with E-state index in [9.17, 15) is 5.11 Å². The molecule has 0 saturated heterocycles. The molecule has 1 fully saturated rings. The maximum absolute atomic E-state index is 10.9. The summed E-state index contributed by atoms with van der Waals surface area (Å²) in [4.78, 5) is 1.56. The van der Waals surface area contributed by atoms with Crippen molar-refractivity contribution in [3.05, 3.63) is 39.7 Å². The lowest BCUT2D eigenvalue weighted by Crippen LogP contribution is -2.30. The van der Waals surface area contributed by atoms with Crippen molar-refractivity contribution in [1.29, 1.82) is 0 Å². The van der Waals surface area contributed by atoms with Crippen LogP contribution in [0.25, 0.3) is 11.8 Å². The van der Waals surface area contributed by atoms with Crippen molar-refractivity contribution in [3.8, 4) is 11.4 Å². The second-order valence-electron chi connectivity index (χ2n) is 7.31. The van der Waals surface area contributed by atoms with E-state index >= 15 is 0 Å². The molecule has 0 amide bonds. The van der Waals surface area contributed by atoms with Crippen molar-refractivity contribution in [2.24, 2.45) is 11.8 Å². The van der Waals surface area contributed by atoms with Gasteiger partial charge in [0, 0.05) is 5.03 Å². The smallest absolute Gasteiger partial charge is 0.146 e. The summed E-state index contributed by atoms with van der Waals surface area (Å²) in [6.07, 6.45) is 4.59. The monoisotopic (exact) mass is 343 g/mol. The van der Waals surface area contributed by atoms with E-state index in [0.29, 0.717) is 29.2 Å². The molecule has 24 heavy (non-hydrogen) atoms. The molecule has 1 aromatic heterocycles. The molecule has 4 rings (SSSR count). The molecule has 5 heteroatoms. The van der Waals surface area contributed by atoms with Gasteiger partial charge in [0.2, 0.25) is 0 Å². The van der Waals surface area contributed by atoms with E-state index in [2.05, 4.69) is 37.0 Å². The molecule has 1 aromatic carbocycles. The van der Waals surface area contributed by atoms with Crippen molar-refractivity contribution < 1.29 is 5.11 Å². The zero-order chi connectivity index (χ0) is 17.0. The van der Waals surface area contributed by atoms with Crippen LogP contribution in [-0.4, -0.2) is 20.1 Å². The van der Waals surface area contributed by atoms with Gasteiger partial charge in [0.05, 0.1) is 5.69 Å². The Morgan fingerprint density at radius 1 is 1.21 bits per heavy atom. The van der Waals surface area contributed by atoms with Crippen LogP contribution in [0.15, 0.2) is 17.2 Å². The Morgan fingerprint density at radius 3 is 2.71 bits per heavy atom. The van der Waals surface area contributed by atoms with Crippen LogP contribution in [-0.2, 0) is 6.42 Å². The number of hydrogen-bond acceptors (Lipinski definition) is 3. The lowest BCUT2D eigenvalue weighted by Gasteiger charge is -2.41. The van der Waals surface area contributed by atoms with Crippen LogP contribution >= 0.6 is 11.6 Å². The number of aromatic nitrogens is 3. The second kappa shape index (κ2) is 5.62. The van der Waals surface area contributed by atoms with Crippen molar-refractivity contribution in [2.75, 3.05) is 0 Å². The molecule has 2 aliphatic rings. The standard InChI is InChI=1S/C19H22ClN3O/c1-10-6-15(14-8-11(2)12(14)3)19(24)18(7-10)23-21-16-5-4-13(20)9-17(16)22-23/h6-7,9,11-12,14,24H,4-5,8H2,1-3H3. The molecular formula is C19H22ClN3O. The molecule has 1 N–H and O–H groups in total. The zero-order valence-electron chi connectivity index (χ0n) is 14.3. The summed E-state index contributed by atoms with van der Waals surface area (Å²) in [5, 5.41) is 20.8. The summed E-state index contributed by atoms with van der Waals surface area (Å²) in [6, 6.07) is 4.05. The first-order chi connectivity index (χ1) is 11.4. The minimum absolute atomic E-state index is 0.312. The van der Waals surface area contributed by atoms with Gasteiger partial charge in [-0.1, -0.05) is 31.5 Å². The number of benzene rings is 1. The predicted octanol–water partition coefficient (Wildman–Crippen LogP) is 4.57. The average Bonchev–Trinajstić information content (AvgIpc) is 2.97. The summed E-state index contributed by atoms with van der Waals surface area (Å²) >= 11 is 6.11. The number of halogens is 1. The number of hydrogen-bond donors (Lipinski definition) is 1. The van der Waals surface area contributed by atoms with Crippen LogP contribution < -0.4 is 0 Å². The van der Waals surface area contributed by atoms with Crippen LogP contribution in [0.4, 0.5) is 0 Å². The highest BCUT2D eigenvalue weighted by molar-refractivity contribution is 6.31. The number of aromatic hydroxyl groups is 1. The van der Waals surface area contributed by atoms with Crippen LogP contribution in [0, 0.1) is 18.8 Å². The Bertz CT molecular complexity index is 839. The minimum Gasteiger partial charge on any atom is -0.505 e. The van der Waals surface area contributed by atoms with Gasteiger partial charge >= 0.3 is 0 Å². The number of aryl methyl sites for hydroxylation is 2. The Balaban J connectivity index is 1.78. The van der Waals surface area contributed by atoms with Crippen molar-refractivity contribution in [1.82, 2.24) is 15.0 Å². The number of phenolic OH excluding ortho intramolecular Hbond substituents is 1. The van der Waals surface area contributed by atoms with Gasteiger partial charge in [-0.25, -0.2) is 0 Å². The fourth-order valence-electron chi connectivity index (χ4n) is 3.87. The predicted molar refractivity (Wildman–Crippen MR) is 95.6 cm³/mol. The van der Waals surface area contributed by atoms with E-state index in [-0.39, 0.29) is 0 Å². The topological polar surface area (TPSA) is 50.9 Å². The Morgan fingerprint density at radius 2 is 2.00 bits per heavy atom. The number of nitrogens with zero attached hydrogens (tertiary/aromatic N) is 3. The molecule has 126 valence electrons. The minimum atomic E-state index is 0.312.